The molecule has 1 unspecified atom stereocenters. The summed E-state index contributed by atoms with van der Waals surface area (Å²) in [5, 5.41) is 9.12. The second-order valence-corrected chi connectivity index (χ2v) is 6.42. The van der Waals surface area contributed by atoms with Gasteiger partial charge >= 0.3 is 0 Å². The minimum Gasteiger partial charge on any atom is -0.340 e. The number of halogens is 1. The average molecular weight is 294 g/mol. The Labute approximate surface area is 125 Å². The van der Waals surface area contributed by atoms with Crippen molar-refractivity contribution in [2.45, 2.75) is 33.1 Å². The third-order valence-electron chi connectivity index (χ3n) is 2.92. The van der Waals surface area contributed by atoms with Gasteiger partial charge in [-0.05, 0) is 19.1 Å². The average Bonchev–Trinajstić information content (AvgIpc) is 2.35. The number of nitrogens with zero attached hydrogens (tertiary/aromatic N) is 3. The fourth-order valence-electron chi connectivity index (χ4n) is 1.76. The van der Waals surface area contributed by atoms with Crippen LogP contribution in [0.25, 0.3) is 0 Å². The molecule has 0 saturated carbocycles. The molecule has 0 fully saturated rings. The van der Waals surface area contributed by atoms with Crippen molar-refractivity contribution in [2.24, 2.45) is 5.92 Å². The second kappa shape index (κ2) is 6.23. The highest BCUT2D eigenvalue weighted by Gasteiger charge is 2.21. The molecule has 1 aromatic rings. The molecule has 20 heavy (non-hydrogen) atoms. The SMILES string of the molecule is CC(C#N)CN(C)C(=O)c1cc(Cl)nc(C(C)(C)C)c1. The van der Waals surface area contributed by atoms with E-state index in [1.165, 1.54) is 4.90 Å². The van der Waals surface area contributed by atoms with Crippen LogP contribution in [0.15, 0.2) is 12.1 Å². The minimum atomic E-state index is -0.205. The fraction of sp³-hybridized carbons (Fsp3) is 0.533. The van der Waals surface area contributed by atoms with E-state index in [0.29, 0.717) is 17.3 Å². The van der Waals surface area contributed by atoms with Gasteiger partial charge in [-0.25, -0.2) is 4.98 Å². The lowest BCUT2D eigenvalue weighted by atomic mass is 9.91. The minimum absolute atomic E-state index is 0.151. The van der Waals surface area contributed by atoms with Gasteiger partial charge in [0.05, 0.1) is 12.0 Å². The maximum Gasteiger partial charge on any atom is 0.253 e. The van der Waals surface area contributed by atoms with Crippen molar-refractivity contribution in [3.05, 3.63) is 28.5 Å². The summed E-state index contributed by atoms with van der Waals surface area (Å²) < 4.78 is 0. The first-order chi connectivity index (χ1) is 9.15. The van der Waals surface area contributed by atoms with Crippen molar-refractivity contribution >= 4 is 17.5 Å². The Morgan fingerprint density at radius 2 is 2.10 bits per heavy atom. The molecule has 0 saturated heterocycles. The van der Waals surface area contributed by atoms with Crippen LogP contribution in [0.1, 0.15) is 43.7 Å². The molecule has 0 aromatic carbocycles. The number of rotatable bonds is 3. The predicted octanol–water partition coefficient (Wildman–Crippen LogP) is 3.26. The van der Waals surface area contributed by atoms with Crippen LogP contribution in [0.5, 0.6) is 0 Å². The van der Waals surface area contributed by atoms with Gasteiger partial charge in [0.2, 0.25) is 0 Å². The highest BCUT2D eigenvalue weighted by molar-refractivity contribution is 6.29. The molecule has 0 aliphatic rings. The van der Waals surface area contributed by atoms with E-state index in [2.05, 4.69) is 11.1 Å². The van der Waals surface area contributed by atoms with Gasteiger partial charge in [0.25, 0.3) is 5.91 Å². The molecule has 0 bridgehead atoms. The number of aromatic nitrogens is 1. The highest BCUT2D eigenvalue weighted by atomic mass is 35.5. The van der Waals surface area contributed by atoms with Crippen LogP contribution in [0, 0.1) is 17.2 Å². The Morgan fingerprint density at radius 1 is 1.50 bits per heavy atom. The molecule has 5 heteroatoms. The molecule has 0 radical (unpaired) electrons. The standard InChI is InChI=1S/C15H20ClN3O/c1-10(8-17)9-19(5)14(20)11-6-12(15(2,3)4)18-13(16)7-11/h6-7,10H,9H2,1-5H3. The normalized spacial score (nSPS) is 12.7. The summed E-state index contributed by atoms with van der Waals surface area (Å²) in [6.07, 6.45) is 0. The van der Waals surface area contributed by atoms with E-state index in [1.807, 2.05) is 20.8 Å². The van der Waals surface area contributed by atoms with Gasteiger partial charge in [-0.15, -0.1) is 0 Å². The number of hydrogen-bond acceptors (Lipinski definition) is 3. The Bertz CT molecular complexity index is 543. The first kappa shape index (κ1) is 16.5. The van der Waals surface area contributed by atoms with E-state index in [0.717, 1.165) is 5.69 Å². The van der Waals surface area contributed by atoms with Gasteiger partial charge in [-0.2, -0.15) is 5.26 Å². The van der Waals surface area contributed by atoms with E-state index >= 15 is 0 Å². The molecule has 0 aliphatic carbocycles. The molecule has 4 nitrogen and oxygen atoms in total. The summed E-state index contributed by atoms with van der Waals surface area (Å²) in [5.41, 5.74) is 1.09. The lowest BCUT2D eigenvalue weighted by Crippen LogP contribution is -2.31. The van der Waals surface area contributed by atoms with Crippen LogP contribution in [0.2, 0.25) is 5.15 Å². The topological polar surface area (TPSA) is 57.0 Å². The second-order valence-electron chi connectivity index (χ2n) is 6.03. The van der Waals surface area contributed by atoms with Crippen LogP contribution in [0.4, 0.5) is 0 Å². The smallest absolute Gasteiger partial charge is 0.253 e. The third-order valence-corrected chi connectivity index (χ3v) is 3.12. The lowest BCUT2D eigenvalue weighted by molar-refractivity contribution is 0.0785. The zero-order valence-corrected chi connectivity index (χ0v) is 13.3. The Kier molecular flexibility index (Phi) is 5.13. The van der Waals surface area contributed by atoms with Gasteiger partial charge in [0, 0.05) is 30.3 Å². The first-order valence-electron chi connectivity index (χ1n) is 6.48. The largest absolute Gasteiger partial charge is 0.340 e. The Morgan fingerprint density at radius 3 is 2.60 bits per heavy atom. The van der Waals surface area contributed by atoms with Crippen LogP contribution in [-0.2, 0) is 5.41 Å². The van der Waals surface area contributed by atoms with Crippen molar-refractivity contribution in [3.8, 4) is 6.07 Å². The molecule has 1 aromatic heterocycles. The van der Waals surface area contributed by atoms with Gasteiger partial charge in [0.15, 0.2) is 0 Å². The van der Waals surface area contributed by atoms with Crippen molar-refractivity contribution in [2.75, 3.05) is 13.6 Å². The molecular formula is C15H20ClN3O. The molecule has 0 aliphatic heterocycles. The zero-order chi connectivity index (χ0) is 15.5. The summed E-state index contributed by atoms with van der Waals surface area (Å²) >= 11 is 6.00. The Balaban J connectivity index is 3.05. The summed E-state index contributed by atoms with van der Waals surface area (Å²) in [7, 11) is 1.68. The summed E-state index contributed by atoms with van der Waals surface area (Å²) in [6.45, 7) is 8.22. The molecule has 1 amide bonds. The summed E-state index contributed by atoms with van der Waals surface area (Å²) in [5.74, 6) is -0.356. The number of carbonyl (C=O) groups is 1. The first-order valence-corrected chi connectivity index (χ1v) is 6.86. The number of hydrogen-bond donors (Lipinski definition) is 0. The van der Waals surface area contributed by atoms with Crippen LogP contribution < -0.4 is 0 Å². The van der Waals surface area contributed by atoms with Gasteiger partial charge in [0.1, 0.15) is 5.15 Å². The lowest BCUT2D eigenvalue weighted by Gasteiger charge is -2.21. The molecule has 0 N–H and O–H groups in total. The van der Waals surface area contributed by atoms with Gasteiger partial charge < -0.3 is 4.90 Å². The molecule has 1 heterocycles. The van der Waals surface area contributed by atoms with E-state index in [-0.39, 0.29) is 17.2 Å². The predicted molar refractivity (Wildman–Crippen MR) is 79.7 cm³/mol. The van der Waals surface area contributed by atoms with Crippen molar-refractivity contribution in [3.63, 3.8) is 0 Å². The fourth-order valence-corrected chi connectivity index (χ4v) is 1.97. The van der Waals surface area contributed by atoms with Crippen molar-refractivity contribution in [1.82, 2.24) is 9.88 Å². The number of pyridine rings is 1. The Hall–Kier alpha value is -1.60. The molecule has 0 spiro atoms. The maximum atomic E-state index is 12.4. The van der Waals surface area contributed by atoms with E-state index in [4.69, 9.17) is 16.9 Å². The van der Waals surface area contributed by atoms with E-state index in [9.17, 15) is 4.79 Å². The molecule has 1 atom stereocenters. The maximum absolute atomic E-state index is 12.4. The van der Waals surface area contributed by atoms with Gasteiger partial charge in [-0.3, -0.25) is 4.79 Å². The number of amides is 1. The van der Waals surface area contributed by atoms with Crippen molar-refractivity contribution < 1.29 is 4.79 Å². The molecule has 1 rings (SSSR count). The number of carbonyl (C=O) groups excluding carboxylic acids is 1. The molecular weight excluding hydrogens is 274 g/mol. The van der Waals surface area contributed by atoms with Gasteiger partial charge in [-0.1, -0.05) is 32.4 Å². The van der Waals surface area contributed by atoms with Crippen LogP contribution in [-0.4, -0.2) is 29.4 Å². The quantitative estimate of drug-likeness (QED) is 0.804. The van der Waals surface area contributed by atoms with E-state index in [1.54, 1.807) is 26.1 Å². The van der Waals surface area contributed by atoms with E-state index < -0.39 is 0 Å². The number of nitriles is 1. The summed E-state index contributed by atoms with van der Waals surface area (Å²) in [6, 6.07) is 5.44. The summed E-state index contributed by atoms with van der Waals surface area (Å²) in [4.78, 5) is 18.2. The van der Waals surface area contributed by atoms with Crippen molar-refractivity contribution in [1.29, 1.82) is 5.26 Å². The molecule has 108 valence electrons. The zero-order valence-electron chi connectivity index (χ0n) is 12.6. The van der Waals surface area contributed by atoms with Crippen LogP contribution >= 0.6 is 11.6 Å². The third kappa shape index (κ3) is 4.21. The van der Waals surface area contributed by atoms with Crippen LogP contribution in [0.3, 0.4) is 0 Å². The monoisotopic (exact) mass is 293 g/mol. The highest BCUT2D eigenvalue weighted by Crippen LogP contribution is 2.24.